The van der Waals surface area contributed by atoms with E-state index in [1.165, 1.54) is 7.11 Å². The number of methoxy groups -OCH3 is 1. The van der Waals surface area contributed by atoms with Crippen molar-refractivity contribution in [3.63, 3.8) is 0 Å². The lowest BCUT2D eigenvalue weighted by molar-refractivity contribution is 0.0470. The number of sulfone groups is 1. The predicted octanol–water partition coefficient (Wildman–Crippen LogP) is 1.85. The molecule has 0 aliphatic rings. The fourth-order valence-electron chi connectivity index (χ4n) is 2.35. The first-order chi connectivity index (χ1) is 11.3. The van der Waals surface area contributed by atoms with Crippen molar-refractivity contribution in [2.45, 2.75) is 31.4 Å². The molecule has 0 N–H and O–H groups in total. The first-order valence-electron chi connectivity index (χ1n) is 7.16. The molecule has 0 unspecified atom stereocenters. The molecule has 0 atom stereocenters. The van der Waals surface area contributed by atoms with E-state index in [0.717, 1.165) is 0 Å². The van der Waals surface area contributed by atoms with Gasteiger partial charge in [-0.3, -0.25) is 0 Å². The van der Waals surface area contributed by atoms with E-state index in [0.29, 0.717) is 16.9 Å². The molecular weight excluding hydrogens is 336 g/mol. The molecule has 0 bridgehead atoms. The van der Waals surface area contributed by atoms with Crippen LogP contribution in [0.25, 0.3) is 0 Å². The van der Waals surface area contributed by atoms with Crippen LogP contribution in [0.5, 0.6) is 5.75 Å². The van der Waals surface area contributed by atoms with Gasteiger partial charge in [0.15, 0.2) is 15.7 Å². The van der Waals surface area contributed by atoms with Crippen LogP contribution in [0, 0.1) is 13.8 Å². The molecule has 1 aromatic carbocycles. The SMILES string of the molecule is CCOC(=O)c1nc(CS(=O)(=O)c2c(C)cc(OC)cc2C)no1. The van der Waals surface area contributed by atoms with E-state index in [9.17, 15) is 13.2 Å². The van der Waals surface area contributed by atoms with Crippen molar-refractivity contribution in [1.82, 2.24) is 10.1 Å². The summed E-state index contributed by atoms with van der Waals surface area (Å²) in [4.78, 5) is 15.5. The number of benzene rings is 1. The summed E-state index contributed by atoms with van der Waals surface area (Å²) in [5, 5.41) is 3.53. The third kappa shape index (κ3) is 3.73. The average Bonchev–Trinajstić information content (AvgIpc) is 2.94. The van der Waals surface area contributed by atoms with Crippen molar-refractivity contribution in [3.8, 4) is 5.75 Å². The minimum Gasteiger partial charge on any atom is -0.497 e. The van der Waals surface area contributed by atoms with Gasteiger partial charge in [-0.25, -0.2) is 13.2 Å². The van der Waals surface area contributed by atoms with E-state index < -0.39 is 21.6 Å². The zero-order chi connectivity index (χ0) is 17.9. The minimum absolute atomic E-state index is 0.104. The third-order valence-electron chi connectivity index (χ3n) is 3.22. The Morgan fingerprint density at radius 3 is 2.42 bits per heavy atom. The molecule has 0 aliphatic heterocycles. The number of carbonyl (C=O) groups excluding carboxylic acids is 1. The summed E-state index contributed by atoms with van der Waals surface area (Å²) in [6, 6.07) is 3.28. The van der Waals surface area contributed by atoms with Crippen molar-refractivity contribution < 1.29 is 27.2 Å². The monoisotopic (exact) mass is 354 g/mol. The van der Waals surface area contributed by atoms with Gasteiger partial charge in [0.05, 0.1) is 18.6 Å². The van der Waals surface area contributed by atoms with Gasteiger partial charge in [-0.05, 0) is 44.0 Å². The van der Waals surface area contributed by atoms with Crippen LogP contribution in [0.2, 0.25) is 0 Å². The van der Waals surface area contributed by atoms with Crippen molar-refractivity contribution in [2.75, 3.05) is 13.7 Å². The zero-order valence-electron chi connectivity index (χ0n) is 13.8. The Hall–Kier alpha value is -2.42. The molecule has 0 saturated carbocycles. The second kappa shape index (κ2) is 7.00. The van der Waals surface area contributed by atoms with Crippen molar-refractivity contribution in [3.05, 3.63) is 35.0 Å². The molecule has 24 heavy (non-hydrogen) atoms. The van der Waals surface area contributed by atoms with Crippen LogP contribution in [-0.2, 0) is 20.3 Å². The van der Waals surface area contributed by atoms with Crippen LogP contribution < -0.4 is 4.74 Å². The third-order valence-corrected chi connectivity index (χ3v) is 5.12. The van der Waals surface area contributed by atoms with Crippen molar-refractivity contribution in [1.29, 1.82) is 0 Å². The van der Waals surface area contributed by atoms with Crippen LogP contribution in [0.3, 0.4) is 0 Å². The highest BCUT2D eigenvalue weighted by Gasteiger charge is 2.25. The summed E-state index contributed by atoms with van der Waals surface area (Å²) in [5.74, 6) is -1.17. The number of hydrogen-bond donors (Lipinski definition) is 0. The Labute approximate surface area is 139 Å². The fourth-order valence-corrected chi connectivity index (χ4v) is 4.05. The van der Waals surface area contributed by atoms with Gasteiger partial charge in [0.1, 0.15) is 11.5 Å². The van der Waals surface area contributed by atoms with Crippen LogP contribution in [0.15, 0.2) is 21.6 Å². The van der Waals surface area contributed by atoms with Gasteiger partial charge >= 0.3 is 11.9 Å². The zero-order valence-corrected chi connectivity index (χ0v) is 14.6. The lowest BCUT2D eigenvalue weighted by atomic mass is 10.1. The second-order valence-electron chi connectivity index (χ2n) is 5.09. The number of ether oxygens (including phenoxy) is 2. The maximum Gasteiger partial charge on any atom is 0.397 e. The maximum absolute atomic E-state index is 12.7. The first-order valence-corrected chi connectivity index (χ1v) is 8.81. The number of esters is 1. The highest BCUT2D eigenvalue weighted by molar-refractivity contribution is 7.90. The van der Waals surface area contributed by atoms with Gasteiger partial charge in [-0.2, -0.15) is 4.98 Å². The van der Waals surface area contributed by atoms with Crippen LogP contribution >= 0.6 is 0 Å². The van der Waals surface area contributed by atoms with E-state index in [1.54, 1.807) is 32.9 Å². The molecule has 130 valence electrons. The van der Waals surface area contributed by atoms with Crippen molar-refractivity contribution in [2.24, 2.45) is 0 Å². The summed E-state index contributed by atoms with van der Waals surface area (Å²) in [5.41, 5.74) is 1.11. The molecule has 2 rings (SSSR count). The Kier molecular flexibility index (Phi) is 5.23. The molecule has 2 aromatic rings. The lowest BCUT2D eigenvalue weighted by Gasteiger charge is -2.11. The molecule has 0 saturated heterocycles. The molecule has 0 fully saturated rings. The predicted molar refractivity (Wildman–Crippen MR) is 83.6 cm³/mol. The highest BCUT2D eigenvalue weighted by atomic mass is 32.2. The Balaban J connectivity index is 2.31. The molecule has 0 aliphatic carbocycles. The van der Waals surface area contributed by atoms with Gasteiger partial charge in [0.2, 0.25) is 0 Å². The first kappa shape index (κ1) is 17.9. The Morgan fingerprint density at radius 1 is 1.25 bits per heavy atom. The summed E-state index contributed by atoms with van der Waals surface area (Å²) >= 11 is 0. The molecule has 0 radical (unpaired) electrons. The van der Waals surface area contributed by atoms with Crippen LogP contribution in [0.4, 0.5) is 0 Å². The van der Waals surface area contributed by atoms with Gasteiger partial charge < -0.3 is 14.0 Å². The van der Waals surface area contributed by atoms with Gasteiger partial charge in [-0.1, -0.05) is 5.16 Å². The van der Waals surface area contributed by atoms with E-state index in [2.05, 4.69) is 10.1 Å². The molecule has 1 aromatic heterocycles. The molecule has 8 nitrogen and oxygen atoms in total. The second-order valence-corrected chi connectivity index (χ2v) is 7.01. The molecule has 9 heteroatoms. The molecular formula is C15H18N2O6S. The van der Waals surface area contributed by atoms with Crippen LogP contribution in [0.1, 0.15) is 34.6 Å². The molecule has 1 heterocycles. The molecule has 0 spiro atoms. The number of aryl methyl sites for hydroxylation is 2. The number of carbonyl (C=O) groups is 1. The number of rotatable bonds is 6. The summed E-state index contributed by atoms with van der Waals surface area (Å²) in [6.45, 7) is 5.15. The Morgan fingerprint density at radius 2 is 1.88 bits per heavy atom. The maximum atomic E-state index is 12.7. The van der Waals surface area contributed by atoms with E-state index in [1.807, 2.05) is 0 Å². The largest absolute Gasteiger partial charge is 0.497 e. The van der Waals surface area contributed by atoms with Gasteiger partial charge in [0, 0.05) is 0 Å². The quantitative estimate of drug-likeness (QED) is 0.723. The fraction of sp³-hybridized carbons (Fsp3) is 0.400. The van der Waals surface area contributed by atoms with E-state index in [-0.39, 0.29) is 23.2 Å². The van der Waals surface area contributed by atoms with Gasteiger partial charge in [-0.15, -0.1) is 0 Å². The number of hydrogen-bond acceptors (Lipinski definition) is 8. The number of aromatic nitrogens is 2. The van der Waals surface area contributed by atoms with Crippen molar-refractivity contribution >= 4 is 15.8 Å². The van der Waals surface area contributed by atoms with Crippen LogP contribution in [-0.4, -0.2) is 38.2 Å². The Bertz CT molecular complexity index is 834. The van der Waals surface area contributed by atoms with E-state index in [4.69, 9.17) is 14.0 Å². The summed E-state index contributed by atoms with van der Waals surface area (Å²) in [6.07, 6.45) is 0. The summed E-state index contributed by atoms with van der Waals surface area (Å²) < 4.78 is 39.9. The smallest absolute Gasteiger partial charge is 0.397 e. The summed E-state index contributed by atoms with van der Waals surface area (Å²) in [7, 11) is -2.20. The lowest BCUT2D eigenvalue weighted by Crippen LogP contribution is -2.11. The average molecular weight is 354 g/mol. The minimum atomic E-state index is -3.72. The standard InChI is InChI=1S/C15H18N2O6S/c1-5-22-15(18)14-16-12(17-23-14)8-24(19,20)13-9(2)6-11(21-4)7-10(13)3/h6-7H,5,8H2,1-4H3. The van der Waals surface area contributed by atoms with E-state index >= 15 is 0 Å². The normalized spacial score (nSPS) is 11.3. The number of nitrogens with zero attached hydrogens (tertiary/aromatic N) is 2. The highest BCUT2D eigenvalue weighted by Crippen LogP contribution is 2.27. The molecule has 0 amide bonds. The van der Waals surface area contributed by atoms with Gasteiger partial charge in [0.25, 0.3) is 0 Å². The topological polar surface area (TPSA) is 109 Å².